The number of hydrogen-bond acceptors (Lipinski definition) is 4. The molecular formula is C11H19N3O3S. The molecule has 0 aromatic carbocycles. The number of H-pyrrole nitrogens is 1. The van der Waals surface area contributed by atoms with Gasteiger partial charge in [-0.05, 0) is 26.7 Å². The second kappa shape index (κ2) is 4.99. The molecule has 102 valence electrons. The quantitative estimate of drug-likeness (QED) is 0.821. The van der Waals surface area contributed by atoms with E-state index < -0.39 is 10.0 Å². The van der Waals surface area contributed by atoms with E-state index in [1.165, 1.54) is 4.31 Å². The number of aromatic amines is 1. The van der Waals surface area contributed by atoms with Gasteiger partial charge in [0.05, 0.1) is 18.0 Å². The van der Waals surface area contributed by atoms with E-state index in [1.54, 1.807) is 13.8 Å². The molecule has 6 nitrogen and oxygen atoms in total. The zero-order valence-electron chi connectivity index (χ0n) is 10.7. The van der Waals surface area contributed by atoms with Gasteiger partial charge in [0, 0.05) is 12.6 Å². The third-order valence-corrected chi connectivity index (χ3v) is 5.65. The van der Waals surface area contributed by atoms with Crippen LogP contribution in [0.3, 0.4) is 0 Å². The van der Waals surface area contributed by atoms with E-state index in [2.05, 4.69) is 10.2 Å². The zero-order chi connectivity index (χ0) is 13.3. The first kappa shape index (κ1) is 13.5. The number of aryl methyl sites for hydroxylation is 2. The number of aliphatic hydroxyl groups is 1. The molecule has 0 saturated heterocycles. The Morgan fingerprint density at radius 1 is 1.44 bits per heavy atom. The molecule has 1 aromatic heterocycles. The Morgan fingerprint density at radius 3 is 2.50 bits per heavy atom. The normalized spacial score (nSPS) is 17.1. The molecule has 18 heavy (non-hydrogen) atoms. The van der Waals surface area contributed by atoms with Gasteiger partial charge in [0.25, 0.3) is 0 Å². The van der Waals surface area contributed by atoms with Crippen molar-refractivity contribution in [3.8, 4) is 0 Å². The fraction of sp³-hybridized carbons (Fsp3) is 0.727. The summed E-state index contributed by atoms with van der Waals surface area (Å²) in [4.78, 5) is 0.253. The number of hydrogen-bond donors (Lipinski definition) is 2. The van der Waals surface area contributed by atoms with E-state index >= 15 is 0 Å². The number of nitrogens with one attached hydrogen (secondary N) is 1. The Bertz CT molecular complexity index is 500. The van der Waals surface area contributed by atoms with Crippen LogP contribution in [0.5, 0.6) is 0 Å². The van der Waals surface area contributed by atoms with Crippen LogP contribution < -0.4 is 0 Å². The third-order valence-electron chi connectivity index (χ3n) is 3.43. The monoisotopic (exact) mass is 273 g/mol. The minimum Gasteiger partial charge on any atom is -0.395 e. The maximum absolute atomic E-state index is 12.6. The number of nitrogens with zero attached hydrogens (tertiary/aromatic N) is 2. The van der Waals surface area contributed by atoms with Crippen LogP contribution >= 0.6 is 0 Å². The summed E-state index contributed by atoms with van der Waals surface area (Å²) in [5.74, 6) is 0. The van der Waals surface area contributed by atoms with Crippen molar-refractivity contribution in [3.05, 3.63) is 11.4 Å². The molecule has 1 aliphatic rings. The Labute approximate surface area is 107 Å². The van der Waals surface area contributed by atoms with Crippen LogP contribution in [0.2, 0.25) is 0 Å². The smallest absolute Gasteiger partial charge is 0.247 e. The van der Waals surface area contributed by atoms with Gasteiger partial charge in [-0.2, -0.15) is 9.40 Å². The fourth-order valence-electron chi connectivity index (χ4n) is 2.31. The molecule has 0 bridgehead atoms. The molecule has 1 saturated carbocycles. The summed E-state index contributed by atoms with van der Waals surface area (Å²) in [5, 5.41) is 15.7. The Hall–Kier alpha value is -0.920. The maximum Gasteiger partial charge on any atom is 0.247 e. The zero-order valence-corrected chi connectivity index (χ0v) is 11.5. The molecule has 0 atom stereocenters. The van der Waals surface area contributed by atoms with Gasteiger partial charge in [-0.25, -0.2) is 8.42 Å². The molecule has 0 amide bonds. The number of aliphatic hydroxyl groups excluding tert-OH is 1. The highest BCUT2D eigenvalue weighted by molar-refractivity contribution is 7.89. The highest BCUT2D eigenvalue weighted by atomic mass is 32.2. The van der Waals surface area contributed by atoms with Crippen LogP contribution in [0.4, 0.5) is 0 Å². The molecular weight excluding hydrogens is 254 g/mol. The number of rotatable bonds is 5. The minimum atomic E-state index is -3.56. The molecule has 1 aliphatic carbocycles. The van der Waals surface area contributed by atoms with E-state index in [0.717, 1.165) is 19.3 Å². The first-order valence-electron chi connectivity index (χ1n) is 6.12. The lowest BCUT2D eigenvalue weighted by atomic mass is 9.93. The molecule has 7 heteroatoms. The second-order valence-electron chi connectivity index (χ2n) is 4.69. The average molecular weight is 273 g/mol. The summed E-state index contributed by atoms with van der Waals surface area (Å²) in [5.41, 5.74) is 1.03. The van der Waals surface area contributed by atoms with E-state index in [4.69, 9.17) is 5.11 Å². The van der Waals surface area contributed by atoms with Crippen LogP contribution in [0.1, 0.15) is 30.7 Å². The summed E-state index contributed by atoms with van der Waals surface area (Å²) in [7, 11) is -3.56. The van der Waals surface area contributed by atoms with Crippen LogP contribution in [-0.2, 0) is 10.0 Å². The minimum absolute atomic E-state index is 0.0239. The third kappa shape index (κ3) is 2.17. The van der Waals surface area contributed by atoms with Gasteiger partial charge in [0.1, 0.15) is 4.90 Å². The van der Waals surface area contributed by atoms with E-state index in [-0.39, 0.29) is 24.1 Å². The van der Waals surface area contributed by atoms with E-state index in [1.807, 2.05) is 0 Å². The van der Waals surface area contributed by atoms with Crippen LogP contribution in [-0.4, -0.2) is 47.2 Å². The lowest BCUT2D eigenvalue weighted by molar-refractivity contribution is 0.178. The van der Waals surface area contributed by atoms with Crippen molar-refractivity contribution in [2.75, 3.05) is 13.2 Å². The maximum atomic E-state index is 12.6. The van der Waals surface area contributed by atoms with Crippen LogP contribution in [0.25, 0.3) is 0 Å². The lowest BCUT2D eigenvalue weighted by Gasteiger charge is -2.36. The summed E-state index contributed by atoms with van der Waals surface area (Å²) >= 11 is 0. The highest BCUT2D eigenvalue weighted by Crippen LogP contribution is 2.31. The van der Waals surface area contributed by atoms with Gasteiger partial charge in [-0.15, -0.1) is 0 Å². The molecule has 0 unspecified atom stereocenters. The number of aromatic nitrogens is 2. The van der Waals surface area contributed by atoms with Crippen molar-refractivity contribution in [1.82, 2.24) is 14.5 Å². The summed E-state index contributed by atoms with van der Waals surface area (Å²) in [6, 6.07) is 0.0239. The topological polar surface area (TPSA) is 86.3 Å². The molecule has 1 fully saturated rings. The van der Waals surface area contributed by atoms with Crippen molar-refractivity contribution in [2.24, 2.45) is 0 Å². The Balaban J connectivity index is 2.38. The Morgan fingerprint density at radius 2 is 2.11 bits per heavy atom. The van der Waals surface area contributed by atoms with Crippen LogP contribution in [0, 0.1) is 13.8 Å². The molecule has 0 aliphatic heterocycles. The van der Waals surface area contributed by atoms with Crippen molar-refractivity contribution in [3.63, 3.8) is 0 Å². The predicted molar refractivity (Wildman–Crippen MR) is 66.7 cm³/mol. The highest BCUT2D eigenvalue weighted by Gasteiger charge is 2.36. The lowest BCUT2D eigenvalue weighted by Crippen LogP contribution is -2.45. The molecule has 1 aromatic rings. The summed E-state index contributed by atoms with van der Waals surface area (Å²) < 4.78 is 26.6. The largest absolute Gasteiger partial charge is 0.395 e. The van der Waals surface area contributed by atoms with Crippen molar-refractivity contribution < 1.29 is 13.5 Å². The van der Waals surface area contributed by atoms with Gasteiger partial charge >= 0.3 is 0 Å². The standard InChI is InChI=1S/C11H19N3O3S/c1-8-11(9(2)13-12-8)18(16,17)14(6-7-15)10-4-3-5-10/h10,15H,3-7H2,1-2H3,(H,12,13). The van der Waals surface area contributed by atoms with Gasteiger partial charge in [-0.3, -0.25) is 5.10 Å². The van der Waals surface area contributed by atoms with Gasteiger partial charge in [-0.1, -0.05) is 6.42 Å². The summed E-state index contributed by atoms with van der Waals surface area (Å²) in [6.07, 6.45) is 2.79. The van der Waals surface area contributed by atoms with Gasteiger partial charge < -0.3 is 5.11 Å². The molecule has 1 heterocycles. The van der Waals surface area contributed by atoms with Crippen molar-refractivity contribution in [1.29, 1.82) is 0 Å². The van der Waals surface area contributed by atoms with Gasteiger partial charge in [0.15, 0.2) is 0 Å². The molecule has 0 spiro atoms. The van der Waals surface area contributed by atoms with E-state index in [9.17, 15) is 8.42 Å². The molecule has 2 N–H and O–H groups in total. The summed E-state index contributed by atoms with van der Waals surface area (Å²) in [6.45, 7) is 3.36. The molecule has 0 radical (unpaired) electrons. The fourth-order valence-corrected chi connectivity index (χ4v) is 4.32. The number of sulfonamides is 1. The van der Waals surface area contributed by atoms with Crippen LogP contribution in [0.15, 0.2) is 4.90 Å². The molecule has 2 rings (SSSR count). The predicted octanol–water partition coefficient (Wildman–Crippen LogP) is 0.562. The van der Waals surface area contributed by atoms with Crippen molar-refractivity contribution >= 4 is 10.0 Å². The first-order valence-corrected chi connectivity index (χ1v) is 7.56. The second-order valence-corrected chi connectivity index (χ2v) is 6.51. The van der Waals surface area contributed by atoms with Crippen molar-refractivity contribution in [2.45, 2.75) is 44.0 Å². The first-order chi connectivity index (χ1) is 8.48. The average Bonchev–Trinajstić information content (AvgIpc) is 2.55. The van der Waals surface area contributed by atoms with E-state index in [0.29, 0.717) is 11.4 Å². The Kier molecular flexibility index (Phi) is 3.74. The van der Waals surface area contributed by atoms with Gasteiger partial charge in [0.2, 0.25) is 10.0 Å². The SMILES string of the molecule is Cc1n[nH]c(C)c1S(=O)(=O)N(CCO)C1CCC1.